The summed E-state index contributed by atoms with van der Waals surface area (Å²) in [5, 5.41) is 4.11. The molecule has 37 heavy (non-hydrogen) atoms. The second-order valence-corrected chi connectivity index (χ2v) is 9.53. The van der Waals surface area contributed by atoms with Crippen LogP contribution in [-0.4, -0.2) is 48.3 Å². The molecule has 2 saturated carbocycles. The normalized spacial score (nSPS) is 17.9. The zero-order chi connectivity index (χ0) is 26.6. The summed E-state index contributed by atoms with van der Waals surface area (Å²) in [5.41, 5.74) is -4.65. The van der Waals surface area contributed by atoms with E-state index in [0.717, 1.165) is 18.9 Å². The molecular weight excluding hydrogens is 502 g/mol. The van der Waals surface area contributed by atoms with E-state index in [1.807, 2.05) is 0 Å². The number of aromatic nitrogens is 5. The number of amides is 1. The van der Waals surface area contributed by atoms with Crippen LogP contribution in [0.1, 0.15) is 66.0 Å². The molecule has 2 aliphatic rings. The van der Waals surface area contributed by atoms with Gasteiger partial charge in [0.05, 0.1) is 17.0 Å². The molecule has 2 fully saturated rings. The molecule has 0 radical (unpaired) electrons. The highest BCUT2D eigenvalue weighted by Gasteiger charge is 2.64. The van der Waals surface area contributed by atoms with E-state index in [-0.39, 0.29) is 37.1 Å². The van der Waals surface area contributed by atoms with E-state index in [1.54, 1.807) is 13.0 Å². The standard InChI is InChI=1S/C24H22F6N6O/c1-14(19-33-13-34-36(19)21-31-7-2-8-32-21)35(12-15-3-4-15)20(37)16-9-17(11-18(10-16)23(25,26)27)22(5-6-22)24(28,29)30/h2,7-11,13-15H,3-6,12H2,1H3. The van der Waals surface area contributed by atoms with Crippen LogP contribution in [0.2, 0.25) is 0 Å². The summed E-state index contributed by atoms with van der Waals surface area (Å²) in [4.78, 5) is 27.5. The van der Waals surface area contributed by atoms with Gasteiger partial charge in [-0.3, -0.25) is 4.79 Å². The minimum atomic E-state index is -4.93. The highest BCUT2D eigenvalue weighted by Crippen LogP contribution is 2.59. The first-order valence-electron chi connectivity index (χ1n) is 11.7. The van der Waals surface area contributed by atoms with E-state index >= 15 is 0 Å². The van der Waals surface area contributed by atoms with Crippen LogP contribution in [0, 0.1) is 5.92 Å². The van der Waals surface area contributed by atoms with Crippen molar-refractivity contribution < 1.29 is 31.1 Å². The maximum absolute atomic E-state index is 13.8. The van der Waals surface area contributed by atoms with E-state index in [0.29, 0.717) is 12.1 Å². The van der Waals surface area contributed by atoms with Crippen LogP contribution in [0.3, 0.4) is 0 Å². The fraction of sp³-hybridized carbons (Fsp3) is 0.458. The number of halogens is 6. The van der Waals surface area contributed by atoms with E-state index < -0.39 is 46.4 Å². The van der Waals surface area contributed by atoms with E-state index in [4.69, 9.17) is 0 Å². The highest BCUT2D eigenvalue weighted by atomic mass is 19.4. The molecular formula is C24H22F6N6O. The fourth-order valence-electron chi connectivity index (χ4n) is 4.44. The molecule has 1 unspecified atom stereocenters. The number of carbonyl (C=O) groups excluding carboxylic acids is 1. The van der Waals surface area contributed by atoms with E-state index in [1.165, 1.54) is 28.3 Å². The van der Waals surface area contributed by atoms with Crippen molar-refractivity contribution in [3.8, 4) is 5.95 Å². The average molecular weight is 524 g/mol. The van der Waals surface area contributed by atoms with Gasteiger partial charge >= 0.3 is 12.4 Å². The molecule has 0 saturated heterocycles. The SMILES string of the molecule is CC(c1ncnn1-c1ncccn1)N(CC1CC1)C(=O)c1cc(C(F)(F)F)cc(C2(C(F)(F)F)CC2)c1. The van der Waals surface area contributed by atoms with Crippen LogP contribution in [-0.2, 0) is 11.6 Å². The van der Waals surface area contributed by atoms with E-state index in [9.17, 15) is 31.1 Å². The van der Waals surface area contributed by atoms with Gasteiger partial charge in [-0.2, -0.15) is 36.1 Å². The molecule has 1 amide bonds. The Morgan fingerprint density at radius 3 is 2.32 bits per heavy atom. The topological polar surface area (TPSA) is 76.8 Å². The van der Waals surface area contributed by atoms with Crippen LogP contribution in [0.5, 0.6) is 0 Å². The summed E-state index contributed by atoms with van der Waals surface area (Å²) in [7, 11) is 0. The number of nitrogens with zero attached hydrogens (tertiary/aromatic N) is 6. The van der Waals surface area contributed by atoms with Crippen molar-refractivity contribution in [3.05, 3.63) is 65.5 Å². The fourth-order valence-corrected chi connectivity index (χ4v) is 4.44. The summed E-state index contributed by atoms with van der Waals surface area (Å²) < 4.78 is 83.9. The minimum Gasteiger partial charge on any atom is -0.328 e. The van der Waals surface area contributed by atoms with Gasteiger partial charge in [-0.25, -0.2) is 15.0 Å². The Morgan fingerprint density at radius 2 is 1.76 bits per heavy atom. The first-order chi connectivity index (χ1) is 17.4. The molecule has 196 valence electrons. The van der Waals surface area contributed by atoms with Gasteiger partial charge in [0, 0.05) is 24.5 Å². The molecule has 5 rings (SSSR count). The average Bonchev–Trinajstić information content (AvgIpc) is 3.78. The summed E-state index contributed by atoms with van der Waals surface area (Å²) in [5.74, 6) is -0.233. The summed E-state index contributed by atoms with van der Waals surface area (Å²) >= 11 is 0. The Morgan fingerprint density at radius 1 is 1.08 bits per heavy atom. The zero-order valence-corrected chi connectivity index (χ0v) is 19.6. The predicted octanol–water partition coefficient (Wildman–Crippen LogP) is 5.28. The van der Waals surface area contributed by atoms with Gasteiger partial charge in [0.2, 0.25) is 0 Å². The van der Waals surface area contributed by atoms with Gasteiger partial charge in [0.25, 0.3) is 11.9 Å². The molecule has 2 aromatic heterocycles. The Labute approximate surface area is 207 Å². The number of carbonyl (C=O) groups is 1. The maximum Gasteiger partial charge on any atom is 0.416 e. The zero-order valence-electron chi connectivity index (χ0n) is 19.6. The van der Waals surface area contributed by atoms with Crippen molar-refractivity contribution in [1.29, 1.82) is 0 Å². The van der Waals surface area contributed by atoms with Crippen LogP contribution >= 0.6 is 0 Å². The van der Waals surface area contributed by atoms with Crippen LogP contribution in [0.15, 0.2) is 43.0 Å². The number of alkyl halides is 6. The lowest BCUT2D eigenvalue weighted by Crippen LogP contribution is -2.37. The maximum atomic E-state index is 13.8. The van der Waals surface area contributed by atoms with Crippen LogP contribution < -0.4 is 0 Å². The lowest BCUT2D eigenvalue weighted by Gasteiger charge is -2.30. The van der Waals surface area contributed by atoms with Gasteiger partial charge in [-0.15, -0.1) is 0 Å². The molecule has 0 aliphatic heterocycles. The van der Waals surface area contributed by atoms with Crippen molar-refractivity contribution in [1.82, 2.24) is 29.6 Å². The molecule has 0 bridgehead atoms. The van der Waals surface area contributed by atoms with Gasteiger partial charge in [-0.1, -0.05) is 0 Å². The third-order valence-corrected chi connectivity index (χ3v) is 6.92. The lowest BCUT2D eigenvalue weighted by molar-refractivity contribution is -0.161. The quantitative estimate of drug-likeness (QED) is 0.393. The molecule has 1 atom stereocenters. The molecule has 0 spiro atoms. The summed E-state index contributed by atoms with van der Waals surface area (Å²) in [6.45, 7) is 1.84. The Hall–Kier alpha value is -3.51. The monoisotopic (exact) mass is 524 g/mol. The molecule has 0 N–H and O–H groups in total. The molecule has 7 nitrogen and oxygen atoms in total. The number of hydrogen-bond donors (Lipinski definition) is 0. The number of hydrogen-bond acceptors (Lipinski definition) is 5. The van der Waals surface area contributed by atoms with Crippen LogP contribution in [0.25, 0.3) is 5.95 Å². The first kappa shape index (κ1) is 25.2. The third kappa shape index (κ3) is 4.78. The van der Waals surface area contributed by atoms with Gasteiger partial charge in [-0.05, 0) is 68.4 Å². The number of rotatable bonds is 7. The van der Waals surface area contributed by atoms with Gasteiger partial charge in [0.1, 0.15) is 6.33 Å². The van der Waals surface area contributed by atoms with Crippen molar-refractivity contribution in [2.45, 2.75) is 56.4 Å². The molecule has 2 aliphatic carbocycles. The van der Waals surface area contributed by atoms with Crippen molar-refractivity contribution >= 4 is 5.91 Å². The highest BCUT2D eigenvalue weighted by molar-refractivity contribution is 5.95. The Kier molecular flexibility index (Phi) is 5.99. The van der Waals surface area contributed by atoms with Gasteiger partial charge < -0.3 is 4.90 Å². The third-order valence-electron chi connectivity index (χ3n) is 6.92. The molecule has 3 aromatic rings. The largest absolute Gasteiger partial charge is 0.416 e. The van der Waals surface area contributed by atoms with Crippen molar-refractivity contribution in [2.75, 3.05) is 6.54 Å². The van der Waals surface area contributed by atoms with Crippen LogP contribution in [0.4, 0.5) is 26.3 Å². The first-order valence-corrected chi connectivity index (χ1v) is 11.7. The molecule has 1 aromatic carbocycles. The minimum absolute atomic E-state index is 0.131. The smallest absolute Gasteiger partial charge is 0.328 e. The molecule has 2 heterocycles. The number of benzene rings is 1. The second kappa shape index (κ2) is 8.80. The summed E-state index contributed by atoms with van der Waals surface area (Å²) in [6, 6.07) is 2.90. The lowest BCUT2D eigenvalue weighted by atomic mass is 9.91. The Balaban J connectivity index is 1.55. The second-order valence-electron chi connectivity index (χ2n) is 9.53. The predicted molar refractivity (Wildman–Crippen MR) is 118 cm³/mol. The molecule has 13 heteroatoms. The van der Waals surface area contributed by atoms with E-state index in [2.05, 4.69) is 20.1 Å². The Bertz CT molecular complexity index is 1300. The van der Waals surface area contributed by atoms with Crippen molar-refractivity contribution in [2.24, 2.45) is 5.92 Å². The van der Waals surface area contributed by atoms with Crippen molar-refractivity contribution in [3.63, 3.8) is 0 Å². The summed E-state index contributed by atoms with van der Waals surface area (Å²) in [6.07, 6.45) is -4.43. The van der Waals surface area contributed by atoms with Gasteiger partial charge in [0.15, 0.2) is 5.82 Å².